The van der Waals surface area contributed by atoms with Crippen molar-refractivity contribution in [1.82, 2.24) is 29.5 Å². The third kappa shape index (κ3) is 7.13. The van der Waals surface area contributed by atoms with Crippen LogP contribution in [0.3, 0.4) is 0 Å². The van der Waals surface area contributed by atoms with Crippen LogP contribution in [0.4, 0.5) is 0 Å². The van der Waals surface area contributed by atoms with Crippen molar-refractivity contribution in [2.75, 3.05) is 0 Å². The highest BCUT2D eigenvalue weighted by Gasteiger charge is 2.20. The number of H-pyrrole nitrogens is 1. The SMILES string of the molecule is CCn1c(-c2ccccc2)nc(-c2ccncc2)c1-c1ccc(Cl)cc1.Clc1ccc(-c2nc(-c3ccccc3)[nH]c2-c2ccncc2)cc1. The van der Waals surface area contributed by atoms with E-state index < -0.39 is 0 Å². The quantitative estimate of drug-likeness (QED) is 0.181. The van der Waals surface area contributed by atoms with Crippen LogP contribution in [0, 0.1) is 0 Å². The van der Waals surface area contributed by atoms with Crippen molar-refractivity contribution < 1.29 is 0 Å². The highest BCUT2D eigenvalue weighted by molar-refractivity contribution is 6.31. The van der Waals surface area contributed by atoms with E-state index in [1.807, 2.05) is 121 Å². The van der Waals surface area contributed by atoms with Gasteiger partial charge in [0.15, 0.2) is 0 Å². The van der Waals surface area contributed by atoms with Crippen molar-refractivity contribution >= 4 is 23.2 Å². The summed E-state index contributed by atoms with van der Waals surface area (Å²) in [6, 6.07) is 44.0. The first-order chi connectivity index (χ1) is 24.6. The molecule has 0 atom stereocenters. The molecule has 0 unspecified atom stereocenters. The first-order valence-corrected chi connectivity index (χ1v) is 17.0. The topological polar surface area (TPSA) is 72.3 Å². The predicted molar refractivity (Wildman–Crippen MR) is 205 cm³/mol. The van der Waals surface area contributed by atoms with Gasteiger partial charge in [-0.1, -0.05) is 108 Å². The molecular weight excluding hydrogens is 659 g/mol. The number of hydrogen-bond donors (Lipinski definition) is 1. The summed E-state index contributed by atoms with van der Waals surface area (Å²) in [5.74, 6) is 1.80. The van der Waals surface area contributed by atoms with Crippen molar-refractivity contribution in [3.05, 3.63) is 168 Å². The van der Waals surface area contributed by atoms with E-state index >= 15 is 0 Å². The molecule has 0 aliphatic carbocycles. The Bertz CT molecular complexity index is 2290. The minimum atomic E-state index is 0.711. The Morgan fingerprint density at radius 3 is 1.56 bits per heavy atom. The first kappa shape index (κ1) is 32.7. The molecule has 0 fully saturated rings. The zero-order chi connectivity index (χ0) is 34.3. The smallest absolute Gasteiger partial charge is 0.141 e. The molecule has 0 radical (unpaired) electrons. The van der Waals surface area contributed by atoms with Gasteiger partial charge < -0.3 is 9.55 Å². The maximum atomic E-state index is 6.10. The van der Waals surface area contributed by atoms with E-state index in [4.69, 9.17) is 33.2 Å². The number of nitrogens with one attached hydrogen (secondary N) is 1. The third-order valence-electron chi connectivity index (χ3n) is 8.22. The first-order valence-electron chi connectivity index (χ1n) is 16.2. The number of aromatic nitrogens is 6. The molecule has 244 valence electrons. The van der Waals surface area contributed by atoms with Gasteiger partial charge in [-0.3, -0.25) is 9.97 Å². The van der Waals surface area contributed by atoms with E-state index in [2.05, 4.69) is 38.6 Å². The Morgan fingerprint density at radius 2 is 1.00 bits per heavy atom. The predicted octanol–water partition coefficient (Wildman–Crippen LogP) is 11.4. The Morgan fingerprint density at radius 1 is 0.500 bits per heavy atom. The summed E-state index contributed by atoms with van der Waals surface area (Å²) in [5, 5.41) is 1.44. The summed E-state index contributed by atoms with van der Waals surface area (Å²) in [6.07, 6.45) is 7.16. The Kier molecular flexibility index (Phi) is 9.92. The van der Waals surface area contributed by atoms with Gasteiger partial charge in [0.2, 0.25) is 0 Å². The van der Waals surface area contributed by atoms with Crippen LogP contribution in [0.5, 0.6) is 0 Å². The number of rotatable bonds is 7. The van der Waals surface area contributed by atoms with Crippen molar-refractivity contribution in [2.45, 2.75) is 13.5 Å². The van der Waals surface area contributed by atoms with Crippen LogP contribution in [-0.4, -0.2) is 29.5 Å². The number of hydrogen-bond acceptors (Lipinski definition) is 4. The van der Waals surface area contributed by atoms with Crippen LogP contribution >= 0.6 is 23.2 Å². The molecule has 0 saturated heterocycles. The molecule has 0 aliphatic rings. The molecule has 8 heteroatoms. The highest BCUT2D eigenvalue weighted by Crippen LogP contribution is 2.37. The second-order valence-corrected chi connectivity index (χ2v) is 12.3. The Labute approximate surface area is 301 Å². The molecular formula is C42H32Cl2N6. The van der Waals surface area contributed by atoms with Crippen molar-refractivity contribution in [3.63, 3.8) is 0 Å². The van der Waals surface area contributed by atoms with E-state index in [1.54, 1.807) is 24.8 Å². The molecule has 0 aliphatic heterocycles. The average Bonchev–Trinajstić information content (AvgIpc) is 3.80. The van der Waals surface area contributed by atoms with Crippen LogP contribution in [0.25, 0.3) is 67.8 Å². The zero-order valence-electron chi connectivity index (χ0n) is 27.2. The number of halogens is 2. The van der Waals surface area contributed by atoms with E-state index in [9.17, 15) is 0 Å². The Hall–Kier alpha value is -5.82. The monoisotopic (exact) mass is 690 g/mol. The van der Waals surface area contributed by atoms with Crippen LogP contribution in [0.15, 0.2) is 158 Å². The van der Waals surface area contributed by atoms with Crippen molar-refractivity contribution in [1.29, 1.82) is 0 Å². The third-order valence-corrected chi connectivity index (χ3v) is 8.73. The van der Waals surface area contributed by atoms with E-state index in [0.29, 0.717) is 5.02 Å². The van der Waals surface area contributed by atoms with Gasteiger partial charge in [-0.2, -0.15) is 0 Å². The molecule has 4 aromatic carbocycles. The number of pyridine rings is 2. The molecule has 0 saturated carbocycles. The fraction of sp³-hybridized carbons (Fsp3) is 0.0476. The lowest BCUT2D eigenvalue weighted by atomic mass is 10.1. The van der Waals surface area contributed by atoms with Gasteiger partial charge in [0.1, 0.15) is 11.6 Å². The van der Waals surface area contributed by atoms with Crippen LogP contribution in [0.2, 0.25) is 10.0 Å². The maximum Gasteiger partial charge on any atom is 0.141 e. The maximum absolute atomic E-state index is 6.10. The molecule has 0 amide bonds. The summed E-state index contributed by atoms with van der Waals surface area (Å²) in [4.78, 5) is 21.6. The molecule has 50 heavy (non-hydrogen) atoms. The lowest BCUT2D eigenvalue weighted by Crippen LogP contribution is -2.00. The van der Waals surface area contributed by atoms with Gasteiger partial charge in [-0.25, -0.2) is 9.97 Å². The molecule has 1 N–H and O–H groups in total. The molecule has 4 aromatic heterocycles. The number of benzene rings is 4. The lowest BCUT2D eigenvalue weighted by molar-refractivity contribution is 0.778. The minimum Gasteiger partial charge on any atom is -0.337 e. The van der Waals surface area contributed by atoms with Gasteiger partial charge >= 0.3 is 0 Å². The largest absolute Gasteiger partial charge is 0.337 e. The normalized spacial score (nSPS) is 10.8. The molecule has 0 spiro atoms. The van der Waals surface area contributed by atoms with Gasteiger partial charge in [-0.05, 0) is 55.5 Å². The molecule has 8 aromatic rings. The minimum absolute atomic E-state index is 0.711. The summed E-state index contributed by atoms with van der Waals surface area (Å²) < 4.78 is 2.26. The molecule has 0 bridgehead atoms. The van der Waals surface area contributed by atoms with Gasteiger partial charge in [0, 0.05) is 74.8 Å². The Balaban J connectivity index is 0.000000157. The number of aromatic amines is 1. The average molecular weight is 692 g/mol. The summed E-state index contributed by atoms with van der Waals surface area (Å²) in [6.45, 7) is 2.96. The van der Waals surface area contributed by atoms with Crippen LogP contribution < -0.4 is 0 Å². The van der Waals surface area contributed by atoms with Gasteiger partial charge in [0.05, 0.1) is 22.8 Å². The highest BCUT2D eigenvalue weighted by atomic mass is 35.5. The molecule has 6 nitrogen and oxygen atoms in total. The van der Waals surface area contributed by atoms with Crippen LogP contribution in [-0.2, 0) is 6.54 Å². The second-order valence-electron chi connectivity index (χ2n) is 11.4. The fourth-order valence-electron chi connectivity index (χ4n) is 5.83. The summed E-state index contributed by atoms with van der Waals surface area (Å²) >= 11 is 12.1. The van der Waals surface area contributed by atoms with Gasteiger partial charge in [-0.15, -0.1) is 0 Å². The van der Waals surface area contributed by atoms with Gasteiger partial charge in [0.25, 0.3) is 0 Å². The lowest BCUT2D eigenvalue weighted by Gasteiger charge is -2.11. The van der Waals surface area contributed by atoms with E-state index in [-0.39, 0.29) is 0 Å². The summed E-state index contributed by atoms with van der Waals surface area (Å²) in [5.41, 5.74) is 10.3. The van der Waals surface area contributed by atoms with Crippen molar-refractivity contribution in [2.24, 2.45) is 0 Å². The standard InChI is InChI=1S/C22H18ClN3.C20H14ClN3/c1-2-26-21(17-8-10-19(23)11-9-17)20(16-12-14-24-15-13-16)25-22(26)18-6-4-3-5-7-18;21-17-8-6-14(7-9-17)18-19(15-10-12-22-13-11-15)24-20(23-18)16-4-2-1-3-5-16/h3-15H,2H2,1H3;1-13H,(H,23,24). The molecule has 8 rings (SSSR count). The van der Waals surface area contributed by atoms with Crippen LogP contribution in [0.1, 0.15) is 6.92 Å². The number of nitrogens with zero attached hydrogens (tertiary/aromatic N) is 5. The van der Waals surface area contributed by atoms with Crippen molar-refractivity contribution in [3.8, 4) is 67.8 Å². The molecule has 4 heterocycles. The number of imidazole rings is 2. The fourth-order valence-corrected chi connectivity index (χ4v) is 6.08. The second kappa shape index (κ2) is 15.2. The zero-order valence-corrected chi connectivity index (χ0v) is 28.7. The summed E-state index contributed by atoms with van der Waals surface area (Å²) in [7, 11) is 0. The van der Waals surface area contributed by atoms with E-state index in [0.717, 1.165) is 79.4 Å². The van der Waals surface area contributed by atoms with E-state index in [1.165, 1.54) is 0 Å².